The second kappa shape index (κ2) is 6.06. The van der Waals surface area contributed by atoms with E-state index in [1.54, 1.807) is 6.07 Å². The summed E-state index contributed by atoms with van der Waals surface area (Å²) in [5.41, 5.74) is 3.24. The van der Waals surface area contributed by atoms with Gasteiger partial charge in [-0.05, 0) is 63.8 Å². The highest BCUT2D eigenvalue weighted by atomic mass is 79.9. The lowest BCUT2D eigenvalue weighted by molar-refractivity contribution is 0.357. The number of ether oxygens (including phenoxy) is 1. The molecule has 0 saturated heterocycles. The zero-order valence-corrected chi connectivity index (χ0v) is 13.4. The van der Waals surface area contributed by atoms with Gasteiger partial charge in [-0.2, -0.15) is 0 Å². The highest BCUT2D eigenvalue weighted by Crippen LogP contribution is 2.32. The maximum atomic E-state index is 13.4. The van der Waals surface area contributed by atoms with Gasteiger partial charge in [-0.25, -0.2) is 4.39 Å². The monoisotopic (exact) mass is 349 g/mol. The lowest BCUT2D eigenvalue weighted by Crippen LogP contribution is -2.10. The standard InChI is InChI=1S/C17H17BrFNO/c1-2-15(20-16-10-13(19)4-5-14(16)18)11-3-6-17-12(9-11)7-8-21-17/h3-6,9-10,15,20H,2,7-8H2,1H3. The molecule has 21 heavy (non-hydrogen) atoms. The third-order valence-electron chi connectivity index (χ3n) is 3.78. The highest BCUT2D eigenvalue weighted by molar-refractivity contribution is 9.10. The van der Waals surface area contributed by atoms with E-state index in [1.165, 1.54) is 23.3 Å². The minimum atomic E-state index is -0.238. The largest absolute Gasteiger partial charge is 0.493 e. The van der Waals surface area contributed by atoms with Crippen LogP contribution in [0.4, 0.5) is 10.1 Å². The molecule has 2 aromatic carbocycles. The van der Waals surface area contributed by atoms with Crippen molar-refractivity contribution in [3.8, 4) is 5.75 Å². The molecule has 1 unspecified atom stereocenters. The Balaban J connectivity index is 1.86. The van der Waals surface area contributed by atoms with Crippen molar-refractivity contribution < 1.29 is 9.13 Å². The van der Waals surface area contributed by atoms with Crippen LogP contribution < -0.4 is 10.1 Å². The van der Waals surface area contributed by atoms with Gasteiger partial charge in [-0.15, -0.1) is 0 Å². The first-order valence-electron chi connectivity index (χ1n) is 7.14. The Labute approximate surface area is 132 Å². The molecule has 1 atom stereocenters. The van der Waals surface area contributed by atoms with E-state index in [4.69, 9.17) is 4.74 Å². The van der Waals surface area contributed by atoms with Crippen molar-refractivity contribution in [2.24, 2.45) is 0 Å². The maximum Gasteiger partial charge on any atom is 0.125 e. The Bertz CT molecular complexity index is 659. The van der Waals surface area contributed by atoms with Crippen LogP contribution in [0.3, 0.4) is 0 Å². The van der Waals surface area contributed by atoms with E-state index in [2.05, 4.69) is 40.3 Å². The smallest absolute Gasteiger partial charge is 0.125 e. The first-order valence-corrected chi connectivity index (χ1v) is 7.94. The second-order valence-corrected chi connectivity index (χ2v) is 6.05. The molecule has 0 aliphatic carbocycles. The van der Waals surface area contributed by atoms with Crippen molar-refractivity contribution in [2.45, 2.75) is 25.8 Å². The van der Waals surface area contributed by atoms with Gasteiger partial charge in [0.2, 0.25) is 0 Å². The fraction of sp³-hybridized carbons (Fsp3) is 0.294. The summed E-state index contributed by atoms with van der Waals surface area (Å²) in [5, 5.41) is 3.42. The predicted octanol–water partition coefficient (Wildman–Crippen LogP) is 5.09. The molecule has 1 aliphatic rings. The molecule has 110 valence electrons. The second-order valence-electron chi connectivity index (χ2n) is 5.19. The van der Waals surface area contributed by atoms with Crippen LogP contribution in [0.15, 0.2) is 40.9 Å². The number of anilines is 1. The molecular weight excluding hydrogens is 333 g/mol. The third kappa shape index (κ3) is 3.05. The van der Waals surface area contributed by atoms with Crippen LogP contribution in [0.2, 0.25) is 0 Å². The van der Waals surface area contributed by atoms with Crippen LogP contribution in [0.25, 0.3) is 0 Å². The minimum Gasteiger partial charge on any atom is -0.493 e. The summed E-state index contributed by atoms with van der Waals surface area (Å²) in [7, 11) is 0. The van der Waals surface area contributed by atoms with Crippen LogP contribution in [-0.2, 0) is 6.42 Å². The van der Waals surface area contributed by atoms with Gasteiger partial charge in [0.15, 0.2) is 0 Å². The molecule has 3 rings (SSSR count). The normalized spacial score (nSPS) is 14.4. The zero-order chi connectivity index (χ0) is 14.8. The van der Waals surface area contributed by atoms with E-state index in [9.17, 15) is 4.39 Å². The molecule has 1 N–H and O–H groups in total. The maximum absolute atomic E-state index is 13.4. The van der Waals surface area contributed by atoms with Crippen molar-refractivity contribution in [1.29, 1.82) is 0 Å². The lowest BCUT2D eigenvalue weighted by Gasteiger charge is -2.20. The average Bonchev–Trinajstić information content (AvgIpc) is 2.95. The number of nitrogens with one attached hydrogen (secondary N) is 1. The highest BCUT2D eigenvalue weighted by Gasteiger charge is 2.16. The molecule has 0 aromatic heterocycles. The number of rotatable bonds is 4. The fourth-order valence-electron chi connectivity index (χ4n) is 2.64. The van der Waals surface area contributed by atoms with Gasteiger partial charge in [0, 0.05) is 10.9 Å². The Morgan fingerprint density at radius 3 is 2.95 bits per heavy atom. The number of benzene rings is 2. The average molecular weight is 350 g/mol. The molecule has 4 heteroatoms. The summed E-state index contributed by atoms with van der Waals surface area (Å²) >= 11 is 3.46. The number of fused-ring (bicyclic) bond motifs is 1. The van der Waals surface area contributed by atoms with Gasteiger partial charge >= 0.3 is 0 Å². The van der Waals surface area contributed by atoms with Crippen LogP contribution in [0.1, 0.15) is 30.5 Å². The summed E-state index contributed by atoms with van der Waals surface area (Å²) in [5.74, 6) is 0.749. The van der Waals surface area contributed by atoms with Gasteiger partial charge in [0.1, 0.15) is 11.6 Å². The fourth-order valence-corrected chi connectivity index (χ4v) is 3.00. The predicted molar refractivity (Wildman–Crippen MR) is 86.4 cm³/mol. The van der Waals surface area contributed by atoms with Crippen LogP contribution in [0, 0.1) is 5.82 Å². The molecule has 0 amide bonds. The van der Waals surface area contributed by atoms with E-state index >= 15 is 0 Å². The number of hydrogen-bond donors (Lipinski definition) is 1. The van der Waals surface area contributed by atoms with Gasteiger partial charge in [-0.3, -0.25) is 0 Å². The molecule has 2 aromatic rings. The first-order chi connectivity index (χ1) is 10.2. The van der Waals surface area contributed by atoms with E-state index in [0.717, 1.165) is 35.4 Å². The SMILES string of the molecule is CCC(Nc1cc(F)ccc1Br)c1ccc2c(c1)CCO2. The molecule has 1 aliphatic heterocycles. The third-order valence-corrected chi connectivity index (χ3v) is 4.47. The minimum absolute atomic E-state index is 0.147. The summed E-state index contributed by atoms with van der Waals surface area (Å²) in [6.45, 7) is 2.88. The van der Waals surface area contributed by atoms with E-state index in [0.29, 0.717) is 0 Å². The van der Waals surface area contributed by atoms with Crippen molar-refractivity contribution in [1.82, 2.24) is 0 Å². The van der Waals surface area contributed by atoms with Crippen molar-refractivity contribution in [3.05, 3.63) is 57.8 Å². The summed E-state index contributed by atoms with van der Waals surface area (Å²) in [4.78, 5) is 0. The van der Waals surface area contributed by atoms with Crippen LogP contribution >= 0.6 is 15.9 Å². The molecular formula is C17H17BrFNO. The summed E-state index contributed by atoms with van der Waals surface area (Å²) < 4.78 is 19.8. The molecule has 0 fully saturated rings. The van der Waals surface area contributed by atoms with Crippen molar-refractivity contribution in [2.75, 3.05) is 11.9 Å². The molecule has 0 radical (unpaired) electrons. The van der Waals surface area contributed by atoms with Gasteiger partial charge < -0.3 is 10.1 Å². The Morgan fingerprint density at radius 1 is 1.29 bits per heavy atom. The molecule has 0 saturated carbocycles. The van der Waals surface area contributed by atoms with Gasteiger partial charge in [-0.1, -0.05) is 13.0 Å². The summed E-state index contributed by atoms with van der Waals surface area (Å²) in [6.07, 6.45) is 1.88. The molecule has 0 spiro atoms. The van der Waals surface area contributed by atoms with Crippen molar-refractivity contribution >= 4 is 21.6 Å². The topological polar surface area (TPSA) is 21.3 Å². The first kappa shape index (κ1) is 14.4. The van der Waals surface area contributed by atoms with Crippen LogP contribution in [-0.4, -0.2) is 6.61 Å². The molecule has 0 bridgehead atoms. The Morgan fingerprint density at radius 2 is 2.14 bits per heavy atom. The Kier molecular flexibility index (Phi) is 4.15. The quantitative estimate of drug-likeness (QED) is 0.830. The number of hydrogen-bond acceptors (Lipinski definition) is 2. The molecule has 1 heterocycles. The van der Waals surface area contributed by atoms with E-state index in [1.807, 2.05) is 6.07 Å². The van der Waals surface area contributed by atoms with Crippen molar-refractivity contribution in [3.63, 3.8) is 0 Å². The molecule has 2 nitrogen and oxygen atoms in total. The van der Waals surface area contributed by atoms with Crippen LogP contribution in [0.5, 0.6) is 5.75 Å². The lowest BCUT2D eigenvalue weighted by atomic mass is 10.0. The van der Waals surface area contributed by atoms with Gasteiger partial charge in [0.25, 0.3) is 0 Å². The summed E-state index contributed by atoms with van der Waals surface area (Å²) in [6, 6.07) is 11.1. The Hall–Kier alpha value is -1.55. The number of halogens is 2. The van der Waals surface area contributed by atoms with Gasteiger partial charge in [0.05, 0.1) is 18.3 Å². The van der Waals surface area contributed by atoms with E-state index in [-0.39, 0.29) is 11.9 Å². The zero-order valence-electron chi connectivity index (χ0n) is 11.8. The van der Waals surface area contributed by atoms with E-state index < -0.39 is 0 Å².